The van der Waals surface area contributed by atoms with Crippen molar-refractivity contribution in [3.05, 3.63) is 58.1 Å². The number of halogens is 1. The van der Waals surface area contributed by atoms with Gasteiger partial charge < -0.3 is 9.47 Å². The van der Waals surface area contributed by atoms with E-state index >= 15 is 0 Å². The molecule has 0 heterocycles. The molecular weight excluding hydrogens is 348 g/mol. The topological polar surface area (TPSA) is 59.9 Å². The Morgan fingerprint density at radius 2 is 1.86 bits per heavy atom. The van der Waals surface area contributed by atoms with Gasteiger partial charge in [-0.05, 0) is 51.8 Å². The number of carbonyl (C=O) groups excluding carboxylic acids is 1. The van der Waals surface area contributed by atoms with E-state index in [0.717, 1.165) is 15.8 Å². The third-order valence-corrected chi connectivity index (χ3v) is 3.53. The number of methoxy groups -OCH3 is 2. The molecule has 0 saturated carbocycles. The molecule has 1 N–H and O–H groups in total. The van der Waals surface area contributed by atoms with E-state index < -0.39 is 0 Å². The van der Waals surface area contributed by atoms with Gasteiger partial charge >= 0.3 is 0 Å². The molecule has 0 unspecified atom stereocenters. The van der Waals surface area contributed by atoms with Gasteiger partial charge in [-0.25, -0.2) is 5.43 Å². The third-order valence-electron chi connectivity index (χ3n) is 2.91. The fourth-order valence-electron chi connectivity index (χ4n) is 1.82. The lowest BCUT2D eigenvalue weighted by Gasteiger charge is -2.06. The quantitative estimate of drug-likeness (QED) is 0.656. The van der Waals surface area contributed by atoms with E-state index in [1.165, 1.54) is 7.11 Å². The molecule has 0 aliphatic carbocycles. The van der Waals surface area contributed by atoms with Gasteiger partial charge in [0.2, 0.25) is 0 Å². The first kappa shape index (κ1) is 16.0. The standard InChI is InChI=1S/C16H15BrN2O3/c1-21-14-6-4-3-5-12(14)16(20)19-18-10-11-7-8-15(22-2)13(17)9-11/h3-10H,1-2H3,(H,19,20)/b18-10-. The molecule has 0 aromatic heterocycles. The molecule has 0 spiro atoms. The summed E-state index contributed by atoms with van der Waals surface area (Å²) in [6.07, 6.45) is 1.55. The highest BCUT2D eigenvalue weighted by atomic mass is 79.9. The van der Waals surface area contributed by atoms with Crippen molar-refractivity contribution in [2.24, 2.45) is 5.10 Å². The van der Waals surface area contributed by atoms with E-state index in [1.807, 2.05) is 18.2 Å². The van der Waals surface area contributed by atoms with Gasteiger partial charge in [0.05, 0.1) is 30.5 Å². The third kappa shape index (κ3) is 3.85. The smallest absolute Gasteiger partial charge is 0.275 e. The Bertz CT molecular complexity index is 702. The maximum absolute atomic E-state index is 12.0. The summed E-state index contributed by atoms with van der Waals surface area (Å²) >= 11 is 3.39. The van der Waals surface area contributed by atoms with Crippen LogP contribution in [0, 0.1) is 0 Å². The molecule has 2 aromatic carbocycles. The summed E-state index contributed by atoms with van der Waals surface area (Å²) in [7, 11) is 3.12. The lowest BCUT2D eigenvalue weighted by Crippen LogP contribution is -2.18. The van der Waals surface area contributed by atoms with Crippen molar-refractivity contribution in [1.29, 1.82) is 0 Å². The van der Waals surface area contributed by atoms with E-state index in [0.29, 0.717) is 11.3 Å². The SMILES string of the molecule is COc1ccc(/C=N\NC(=O)c2ccccc2OC)cc1Br. The van der Waals surface area contributed by atoms with Crippen LogP contribution in [0.25, 0.3) is 0 Å². The average Bonchev–Trinajstić information content (AvgIpc) is 2.55. The molecule has 2 aromatic rings. The molecule has 114 valence electrons. The van der Waals surface area contributed by atoms with Crippen LogP contribution in [0.5, 0.6) is 11.5 Å². The number of nitrogens with one attached hydrogen (secondary N) is 1. The van der Waals surface area contributed by atoms with E-state index in [-0.39, 0.29) is 5.91 Å². The summed E-state index contributed by atoms with van der Waals surface area (Å²) in [4.78, 5) is 12.0. The normalized spacial score (nSPS) is 10.5. The number of carbonyl (C=O) groups is 1. The highest BCUT2D eigenvalue weighted by molar-refractivity contribution is 9.10. The minimum atomic E-state index is -0.332. The zero-order valence-corrected chi connectivity index (χ0v) is 13.8. The highest BCUT2D eigenvalue weighted by Gasteiger charge is 2.10. The van der Waals surface area contributed by atoms with Gasteiger partial charge in [0.1, 0.15) is 11.5 Å². The van der Waals surface area contributed by atoms with Crippen molar-refractivity contribution in [2.75, 3.05) is 14.2 Å². The predicted molar refractivity (Wildman–Crippen MR) is 88.7 cm³/mol. The summed E-state index contributed by atoms with van der Waals surface area (Å²) in [5.41, 5.74) is 3.73. The second kappa shape index (κ2) is 7.61. The monoisotopic (exact) mass is 362 g/mol. The van der Waals surface area contributed by atoms with Crippen LogP contribution in [-0.2, 0) is 0 Å². The zero-order valence-electron chi connectivity index (χ0n) is 12.2. The fourth-order valence-corrected chi connectivity index (χ4v) is 2.38. The van der Waals surface area contributed by atoms with Crippen LogP contribution >= 0.6 is 15.9 Å². The van der Waals surface area contributed by atoms with E-state index in [9.17, 15) is 4.79 Å². The van der Waals surface area contributed by atoms with Crippen LogP contribution in [0.2, 0.25) is 0 Å². The Morgan fingerprint density at radius 3 is 2.55 bits per heavy atom. The maximum Gasteiger partial charge on any atom is 0.275 e. The van der Waals surface area contributed by atoms with Crippen LogP contribution in [-0.4, -0.2) is 26.3 Å². The first-order valence-electron chi connectivity index (χ1n) is 6.45. The second-order valence-corrected chi connectivity index (χ2v) is 5.15. The first-order valence-corrected chi connectivity index (χ1v) is 7.25. The molecule has 0 atom stereocenters. The molecular formula is C16H15BrN2O3. The van der Waals surface area contributed by atoms with Crippen molar-refractivity contribution in [3.8, 4) is 11.5 Å². The van der Waals surface area contributed by atoms with Gasteiger partial charge in [0.15, 0.2) is 0 Å². The molecule has 0 bridgehead atoms. The van der Waals surface area contributed by atoms with Gasteiger partial charge in [-0.2, -0.15) is 5.10 Å². The van der Waals surface area contributed by atoms with Crippen molar-refractivity contribution in [1.82, 2.24) is 5.43 Å². The first-order chi connectivity index (χ1) is 10.7. The number of hydrogen-bond donors (Lipinski definition) is 1. The Labute approximate surface area is 137 Å². The molecule has 0 radical (unpaired) electrons. The largest absolute Gasteiger partial charge is 0.496 e. The van der Waals surface area contributed by atoms with Gasteiger partial charge in [-0.1, -0.05) is 12.1 Å². The van der Waals surface area contributed by atoms with Crippen LogP contribution in [0.15, 0.2) is 52.0 Å². The van der Waals surface area contributed by atoms with Gasteiger partial charge in [-0.15, -0.1) is 0 Å². The van der Waals surface area contributed by atoms with Crippen molar-refractivity contribution in [2.45, 2.75) is 0 Å². The molecule has 22 heavy (non-hydrogen) atoms. The molecule has 0 aliphatic rings. The van der Waals surface area contributed by atoms with Crippen molar-refractivity contribution >= 4 is 28.1 Å². The number of hydrogen-bond acceptors (Lipinski definition) is 4. The summed E-state index contributed by atoms with van der Waals surface area (Å²) in [6, 6.07) is 12.5. The minimum absolute atomic E-state index is 0.332. The molecule has 6 heteroatoms. The average molecular weight is 363 g/mol. The van der Waals surface area contributed by atoms with Gasteiger partial charge in [0, 0.05) is 0 Å². The van der Waals surface area contributed by atoms with Crippen LogP contribution < -0.4 is 14.9 Å². The predicted octanol–water partition coefficient (Wildman–Crippen LogP) is 3.23. The number of nitrogens with zero attached hydrogens (tertiary/aromatic N) is 1. The zero-order chi connectivity index (χ0) is 15.9. The summed E-state index contributed by atoms with van der Waals surface area (Å²) in [5.74, 6) is 0.902. The summed E-state index contributed by atoms with van der Waals surface area (Å²) < 4.78 is 11.1. The van der Waals surface area contributed by atoms with E-state index in [2.05, 4.69) is 26.5 Å². The van der Waals surface area contributed by atoms with E-state index in [1.54, 1.807) is 37.6 Å². The number of rotatable bonds is 5. The number of amides is 1. The molecule has 5 nitrogen and oxygen atoms in total. The maximum atomic E-state index is 12.0. The molecule has 0 saturated heterocycles. The summed E-state index contributed by atoms with van der Waals surface area (Å²) in [5, 5.41) is 3.95. The molecule has 1 amide bonds. The van der Waals surface area contributed by atoms with Gasteiger partial charge in [0.25, 0.3) is 5.91 Å². The Kier molecular flexibility index (Phi) is 5.55. The fraction of sp³-hybridized carbons (Fsp3) is 0.125. The van der Waals surface area contributed by atoms with Gasteiger partial charge in [-0.3, -0.25) is 4.79 Å². The van der Waals surface area contributed by atoms with Crippen molar-refractivity contribution < 1.29 is 14.3 Å². The number of benzene rings is 2. The number of para-hydroxylation sites is 1. The van der Waals surface area contributed by atoms with Crippen LogP contribution in [0.3, 0.4) is 0 Å². The van der Waals surface area contributed by atoms with E-state index in [4.69, 9.17) is 9.47 Å². The minimum Gasteiger partial charge on any atom is -0.496 e. The Balaban J connectivity index is 2.06. The lowest BCUT2D eigenvalue weighted by atomic mass is 10.2. The van der Waals surface area contributed by atoms with Crippen LogP contribution in [0.1, 0.15) is 15.9 Å². The highest BCUT2D eigenvalue weighted by Crippen LogP contribution is 2.24. The molecule has 2 rings (SSSR count). The number of ether oxygens (including phenoxy) is 2. The van der Waals surface area contributed by atoms with Crippen molar-refractivity contribution in [3.63, 3.8) is 0 Å². The second-order valence-electron chi connectivity index (χ2n) is 4.29. The lowest BCUT2D eigenvalue weighted by molar-refractivity contribution is 0.0952. The Morgan fingerprint density at radius 1 is 1.14 bits per heavy atom. The summed E-state index contributed by atoms with van der Waals surface area (Å²) in [6.45, 7) is 0. The number of hydrazone groups is 1. The molecule has 0 fully saturated rings. The Hall–Kier alpha value is -2.34. The van der Waals surface area contributed by atoms with Crippen LogP contribution in [0.4, 0.5) is 0 Å². The molecule has 0 aliphatic heterocycles.